The molecule has 1 aromatic rings. The highest BCUT2D eigenvalue weighted by molar-refractivity contribution is 5.77. The molecule has 1 fully saturated rings. The Morgan fingerprint density at radius 2 is 2.14 bits per heavy atom. The third-order valence-corrected chi connectivity index (χ3v) is 3.75. The molecule has 0 radical (unpaired) electrons. The summed E-state index contributed by atoms with van der Waals surface area (Å²) in [4.78, 5) is 25.3. The van der Waals surface area contributed by atoms with Crippen LogP contribution in [-0.2, 0) is 16.1 Å². The SMILES string of the molecule is COC(=O)[C@@H]1C[C@@H](NC(=O)NCc2ccccc2F)CN1C. The van der Waals surface area contributed by atoms with Crippen LogP contribution in [0.4, 0.5) is 9.18 Å². The Morgan fingerprint density at radius 1 is 1.41 bits per heavy atom. The van der Waals surface area contributed by atoms with Crippen molar-refractivity contribution in [2.75, 3.05) is 20.7 Å². The standard InChI is InChI=1S/C15H20FN3O3/c1-19-9-11(7-13(19)14(20)22-2)18-15(21)17-8-10-5-3-4-6-12(10)16/h3-6,11,13H,7-9H2,1-2H3,(H2,17,18,21)/t11-,13+/m1/s1. The molecular weight excluding hydrogens is 289 g/mol. The number of halogens is 1. The van der Waals surface area contributed by atoms with Crippen molar-refractivity contribution in [1.29, 1.82) is 0 Å². The van der Waals surface area contributed by atoms with Gasteiger partial charge < -0.3 is 15.4 Å². The van der Waals surface area contributed by atoms with Gasteiger partial charge in [-0.2, -0.15) is 0 Å². The average Bonchev–Trinajstić information content (AvgIpc) is 2.86. The van der Waals surface area contributed by atoms with Gasteiger partial charge in [-0.1, -0.05) is 18.2 Å². The number of hydrogen-bond acceptors (Lipinski definition) is 4. The Hall–Kier alpha value is -2.15. The van der Waals surface area contributed by atoms with Crippen LogP contribution < -0.4 is 10.6 Å². The second-order valence-electron chi connectivity index (χ2n) is 5.33. The molecule has 1 aliphatic rings. The number of ether oxygens (including phenoxy) is 1. The Labute approximate surface area is 128 Å². The summed E-state index contributed by atoms with van der Waals surface area (Å²) in [5.74, 6) is -0.660. The van der Waals surface area contributed by atoms with Crippen molar-refractivity contribution in [1.82, 2.24) is 15.5 Å². The lowest BCUT2D eigenvalue weighted by atomic mass is 10.2. The molecule has 2 atom stereocenters. The van der Waals surface area contributed by atoms with Gasteiger partial charge in [-0.3, -0.25) is 9.69 Å². The summed E-state index contributed by atoms with van der Waals surface area (Å²) in [5, 5.41) is 5.40. The molecule has 2 amide bonds. The van der Waals surface area contributed by atoms with Crippen molar-refractivity contribution in [3.8, 4) is 0 Å². The predicted octanol–water partition coefficient (Wildman–Crippen LogP) is 0.871. The number of nitrogens with one attached hydrogen (secondary N) is 2. The topological polar surface area (TPSA) is 70.7 Å². The van der Waals surface area contributed by atoms with Crippen molar-refractivity contribution in [3.63, 3.8) is 0 Å². The number of rotatable bonds is 4. The van der Waals surface area contributed by atoms with E-state index in [0.29, 0.717) is 18.5 Å². The van der Waals surface area contributed by atoms with E-state index in [0.717, 1.165) is 0 Å². The first-order valence-electron chi connectivity index (χ1n) is 7.07. The van der Waals surface area contributed by atoms with Crippen molar-refractivity contribution in [2.24, 2.45) is 0 Å². The van der Waals surface area contributed by atoms with E-state index in [-0.39, 0.29) is 36.4 Å². The number of amides is 2. The summed E-state index contributed by atoms with van der Waals surface area (Å²) in [5.41, 5.74) is 0.425. The van der Waals surface area contributed by atoms with Gasteiger partial charge in [0, 0.05) is 24.7 Å². The van der Waals surface area contributed by atoms with E-state index >= 15 is 0 Å². The molecule has 0 aromatic heterocycles. The molecular formula is C15H20FN3O3. The highest BCUT2D eigenvalue weighted by atomic mass is 19.1. The molecule has 7 heteroatoms. The maximum absolute atomic E-state index is 13.4. The lowest BCUT2D eigenvalue weighted by Crippen LogP contribution is -2.42. The number of benzene rings is 1. The summed E-state index contributed by atoms with van der Waals surface area (Å²) in [6.45, 7) is 0.675. The predicted molar refractivity (Wildman–Crippen MR) is 78.6 cm³/mol. The molecule has 2 N–H and O–H groups in total. The summed E-state index contributed by atoms with van der Waals surface area (Å²) < 4.78 is 18.2. The number of carbonyl (C=O) groups excluding carboxylic acids is 2. The number of methoxy groups -OCH3 is 1. The molecule has 1 aliphatic heterocycles. The Kier molecular flexibility index (Phi) is 5.32. The van der Waals surface area contributed by atoms with Crippen molar-refractivity contribution in [2.45, 2.75) is 25.0 Å². The van der Waals surface area contributed by atoms with Gasteiger partial charge in [0.2, 0.25) is 0 Å². The van der Waals surface area contributed by atoms with Gasteiger partial charge in [0.15, 0.2) is 0 Å². The van der Waals surface area contributed by atoms with Crippen LogP contribution in [0.1, 0.15) is 12.0 Å². The molecule has 0 bridgehead atoms. The second-order valence-corrected chi connectivity index (χ2v) is 5.33. The number of urea groups is 1. The lowest BCUT2D eigenvalue weighted by molar-refractivity contribution is -0.145. The van der Waals surface area contributed by atoms with Crippen LogP contribution in [0, 0.1) is 5.82 Å². The van der Waals surface area contributed by atoms with E-state index in [2.05, 4.69) is 10.6 Å². The molecule has 6 nitrogen and oxygen atoms in total. The minimum atomic E-state index is -0.382. The van der Waals surface area contributed by atoms with Gasteiger partial charge in [-0.15, -0.1) is 0 Å². The molecule has 2 rings (SSSR count). The van der Waals surface area contributed by atoms with E-state index in [9.17, 15) is 14.0 Å². The summed E-state index contributed by atoms with van der Waals surface area (Å²) in [6, 6.07) is 5.41. The fraction of sp³-hybridized carbons (Fsp3) is 0.467. The first kappa shape index (κ1) is 16.2. The lowest BCUT2D eigenvalue weighted by Gasteiger charge is -2.15. The molecule has 1 aromatic carbocycles. The number of hydrogen-bond donors (Lipinski definition) is 2. The zero-order chi connectivity index (χ0) is 16.1. The molecule has 0 unspecified atom stereocenters. The van der Waals surface area contributed by atoms with Crippen LogP contribution >= 0.6 is 0 Å². The van der Waals surface area contributed by atoms with Gasteiger partial charge in [-0.05, 0) is 19.5 Å². The van der Waals surface area contributed by atoms with Crippen LogP contribution in [0.5, 0.6) is 0 Å². The normalized spacial score (nSPS) is 21.4. The van der Waals surface area contributed by atoms with E-state index in [4.69, 9.17) is 4.74 Å². The van der Waals surface area contributed by atoms with E-state index in [1.807, 2.05) is 4.90 Å². The van der Waals surface area contributed by atoms with Crippen LogP contribution in [-0.4, -0.2) is 49.7 Å². The van der Waals surface area contributed by atoms with Crippen LogP contribution in [0.25, 0.3) is 0 Å². The van der Waals surface area contributed by atoms with Gasteiger partial charge in [0.1, 0.15) is 11.9 Å². The van der Waals surface area contributed by atoms with Crippen LogP contribution in [0.2, 0.25) is 0 Å². The molecule has 1 heterocycles. The third-order valence-electron chi connectivity index (χ3n) is 3.75. The fourth-order valence-electron chi connectivity index (χ4n) is 2.57. The van der Waals surface area contributed by atoms with Gasteiger partial charge >= 0.3 is 12.0 Å². The summed E-state index contributed by atoms with van der Waals surface area (Å²) in [7, 11) is 3.15. The van der Waals surface area contributed by atoms with Crippen molar-refractivity contribution >= 4 is 12.0 Å². The maximum atomic E-state index is 13.4. The monoisotopic (exact) mass is 309 g/mol. The first-order chi connectivity index (χ1) is 10.5. The molecule has 0 saturated carbocycles. The third kappa shape index (κ3) is 3.94. The van der Waals surface area contributed by atoms with Gasteiger partial charge in [-0.25, -0.2) is 9.18 Å². The quantitative estimate of drug-likeness (QED) is 0.810. The molecule has 0 aliphatic carbocycles. The summed E-state index contributed by atoms with van der Waals surface area (Å²) in [6.07, 6.45) is 0.496. The van der Waals surface area contributed by atoms with E-state index < -0.39 is 0 Å². The van der Waals surface area contributed by atoms with Crippen molar-refractivity contribution < 1.29 is 18.7 Å². The van der Waals surface area contributed by atoms with Crippen LogP contribution in [0.15, 0.2) is 24.3 Å². The van der Waals surface area contributed by atoms with E-state index in [1.54, 1.807) is 25.2 Å². The molecule has 0 spiro atoms. The first-order valence-corrected chi connectivity index (χ1v) is 7.07. The molecule has 120 valence electrons. The number of likely N-dealkylation sites (N-methyl/N-ethyl adjacent to an activating group) is 1. The number of carbonyl (C=O) groups is 2. The Balaban J connectivity index is 1.81. The van der Waals surface area contributed by atoms with E-state index in [1.165, 1.54) is 13.2 Å². The summed E-state index contributed by atoms with van der Waals surface area (Å²) >= 11 is 0. The average molecular weight is 309 g/mol. The molecule has 1 saturated heterocycles. The second kappa shape index (κ2) is 7.22. The zero-order valence-corrected chi connectivity index (χ0v) is 12.6. The van der Waals surface area contributed by atoms with Crippen molar-refractivity contribution in [3.05, 3.63) is 35.6 Å². The number of likely N-dealkylation sites (tertiary alicyclic amines) is 1. The highest BCUT2D eigenvalue weighted by Gasteiger charge is 2.35. The smallest absolute Gasteiger partial charge is 0.323 e. The minimum Gasteiger partial charge on any atom is -0.468 e. The fourth-order valence-corrected chi connectivity index (χ4v) is 2.57. The Morgan fingerprint density at radius 3 is 2.82 bits per heavy atom. The van der Waals surface area contributed by atoms with Crippen LogP contribution in [0.3, 0.4) is 0 Å². The molecule has 22 heavy (non-hydrogen) atoms. The minimum absolute atomic E-state index is 0.113. The number of esters is 1. The van der Waals surface area contributed by atoms with Gasteiger partial charge in [0.05, 0.1) is 7.11 Å². The largest absolute Gasteiger partial charge is 0.468 e. The Bertz CT molecular complexity index is 553. The highest BCUT2D eigenvalue weighted by Crippen LogP contribution is 2.16. The number of nitrogens with zero attached hydrogens (tertiary/aromatic N) is 1. The van der Waals surface area contributed by atoms with Gasteiger partial charge in [0.25, 0.3) is 0 Å². The maximum Gasteiger partial charge on any atom is 0.323 e. The zero-order valence-electron chi connectivity index (χ0n) is 12.6.